The van der Waals surface area contributed by atoms with Crippen LogP contribution in [0, 0.1) is 5.92 Å². The maximum Gasteiger partial charge on any atom is 0.222 e. The van der Waals surface area contributed by atoms with E-state index in [1.54, 1.807) is 0 Å². The number of hydrogen-bond donors (Lipinski definition) is 1. The lowest BCUT2D eigenvalue weighted by atomic mass is 10.0. The second kappa shape index (κ2) is 5.38. The summed E-state index contributed by atoms with van der Waals surface area (Å²) in [5, 5.41) is 2.95. The van der Waals surface area contributed by atoms with Crippen molar-refractivity contribution in [3.63, 3.8) is 0 Å². The Morgan fingerprint density at radius 1 is 1.44 bits per heavy atom. The molecule has 2 rings (SSSR count). The normalized spacial score (nSPS) is 14.8. The van der Waals surface area contributed by atoms with Crippen molar-refractivity contribution in [2.45, 2.75) is 45.7 Å². The number of Topliss-reactive ketones (excluding diaryl/α,β-unsaturated/α-hetero) is 1. The van der Waals surface area contributed by atoms with Crippen LogP contribution in [0.15, 0.2) is 18.5 Å². The summed E-state index contributed by atoms with van der Waals surface area (Å²) in [4.78, 5) is 23.3. The van der Waals surface area contributed by atoms with E-state index in [0.29, 0.717) is 19.0 Å². The molecule has 0 radical (unpaired) electrons. The smallest absolute Gasteiger partial charge is 0.222 e. The van der Waals surface area contributed by atoms with Crippen LogP contribution in [0.3, 0.4) is 0 Å². The highest BCUT2D eigenvalue weighted by Crippen LogP contribution is 2.18. The molecule has 0 aliphatic heterocycles. The first kappa shape index (κ1) is 12.9. The molecule has 4 nitrogen and oxygen atoms in total. The molecule has 0 spiro atoms. The van der Waals surface area contributed by atoms with Crippen molar-refractivity contribution >= 4 is 11.7 Å². The molecule has 0 aromatic carbocycles. The van der Waals surface area contributed by atoms with Gasteiger partial charge in [0.05, 0.1) is 0 Å². The van der Waals surface area contributed by atoms with E-state index in [1.165, 1.54) is 0 Å². The standard InChI is InChI=1S/C14H20N2O2/c1-10(2)14(18)11-5-7-16(9-11)8-6-13(17)15-12-3-4-12/h5,7,9-10,12H,3-4,6,8H2,1-2H3,(H,15,17). The molecule has 1 aromatic heterocycles. The summed E-state index contributed by atoms with van der Waals surface area (Å²) in [7, 11) is 0. The second-order valence-corrected chi connectivity index (χ2v) is 5.25. The average Bonchev–Trinajstić information content (AvgIpc) is 3.01. The van der Waals surface area contributed by atoms with Crippen molar-refractivity contribution in [2.75, 3.05) is 0 Å². The molecule has 1 aliphatic rings. The van der Waals surface area contributed by atoms with E-state index in [4.69, 9.17) is 0 Å². The van der Waals surface area contributed by atoms with Gasteiger partial charge in [-0.2, -0.15) is 0 Å². The minimum atomic E-state index is 0.0130. The number of ketones is 1. The van der Waals surface area contributed by atoms with Crippen LogP contribution in [0.1, 0.15) is 43.5 Å². The maximum atomic E-state index is 11.8. The highest BCUT2D eigenvalue weighted by molar-refractivity contribution is 5.97. The minimum absolute atomic E-state index is 0.0130. The molecular weight excluding hydrogens is 228 g/mol. The molecule has 18 heavy (non-hydrogen) atoms. The van der Waals surface area contributed by atoms with Gasteiger partial charge in [0.15, 0.2) is 5.78 Å². The number of aromatic nitrogens is 1. The van der Waals surface area contributed by atoms with Gasteiger partial charge in [0, 0.05) is 42.9 Å². The highest BCUT2D eigenvalue weighted by atomic mass is 16.1. The minimum Gasteiger partial charge on any atom is -0.353 e. The molecule has 98 valence electrons. The number of hydrogen-bond acceptors (Lipinski definition) is 2. The van der Waals surface area contributed by atoms with Gasteiger partial charge in [0.25, 0.3) is 0 Å². The molecule has 1 saturated carbocycles. The molecular formula is C14H20N2O2. The molecule has 0 bridgehead atoms. The molecule has 1 aliphatic carbocycles. The Labute approximate surface area is 107 Å². The van der Waals surface area contributed by atoms with E-state index < -0.39 is 0 Å². The van der Waals surface area contributed by atoms with Gasteiger partial charge in [-0.1, -0.05) is 13.8 Å². The molecule has 4 heteroatoms. The molecule has 0 unspecified atom stereocenters. The monoisotopic (exact) mass is 248 g/mol. The Bertz CT molecular complexity index is 444. The third-order valence-electron chi connectivity index (χ3n) is 3.10. The summed E-state index contributed by atoms with van der Waals surface area (Å²) in [5.74, 6) is 0.262. The zero-order valence-electron chi connectivity index (χ0n) is 11.0. The van der Waals surface area contributed by atoms with E-state index in [1.807, 2.05) is 36.9 Å². The van der Waals surface area contributed by atoms with Gasteiger partial charge < -0.3 is 9.88 Å². The van der Waals surface area contributed by atoms with Gasteiger partial charge in [-0.05, 0) is 18.9 Å². The summed E-state index contributed by atoms with van der Waals surface area (Å²) in [6.45, 7) is 4.41. The highest BCUT2D eigenvalue weighted by Gasteiger charge is 2.22. The number of carbonyl (C=O) groups is 2. The van der Waals surface area contributed by atoms with Gasteiger partial charge in [-0.15, -0.1) is 0 Å². The Hall–Kier alpha value is -1.58. The van der Waals surface area contributed by atoms with Crippen molar-refractivity contribution in [3.05, 3.63) is 24.0 Å². The lowest BCUT2D eigenvalue weighted by Crippen LogP contribution is -2.26. The quantitative estimate of drug-likeness (QED) is 0.783. The topological polar surface area (TPSA) is 51.1 Å². The number of rotatable bonds is 6. The van der Waals surface area contributed by atoms with E-state index >= 15 is 0 Å². The van der Waals surface area contributed by atoms with Gasteiger partial charge in [0.2, 0.25) is 5.91 Å². The van der Waals surface area contributed by atoms with Gasteiger partial charge in [0.1, 0.15) is 0 Å². The van der Waals surface area contributed by atoms with Crippen LogP contribution in [0.4, 0.5) is 0 Å². The zero-order valence-corrected chi connectivity index (χ0v) is 11.0. The number of amides is 1. The molecule has 1 heterocycles. The Kier molecular flexibility index (Phi) is 3.84. The summed E-state index contributed by atoms with van der Waals surface area (Å²) in [6, 6.07) is 2.24. The van der Waals surface area contributed by atoms with Crippen molar-refractivity contribution in [1.29, 1.82) is 0 Å². The number of aryl methyl sites for hydroxylation is 1. The third-order valence-corrected chi connectivity index (χ3v) is 3.10. The van der Waals surface area contributed by atoms with Crippen LogP contribution in [0.25, 0.3) is 0 Å². The third kappa shape index (κ3) is 3.45. The lowest BCUT2D eigenvalue weighted by molar-refractivity contribution is -0.121. The van der Waals surface area contributed by atoms with Crippen molar-refractivity contribution in [2.24, 2.45) is 5.92 Å². The molecule has 1 amide bonds. The molecule has 1 fully saturated rings. The number of nitrogens with zero attached hydrogens (tertiary/aromatic N) is 1. The summed E-state index contributed by atoms with van der Waals surface area (Å²) >= 11 is 0. The second-order valence-electron chi connectivity index (χ2n) is 5.25. The van der Waals surface area contributed by atoms with Crippen LogP contribution < -0.4 is 5.32 Å². The fraction of sp³-hybridized carbons (Fsp3) is 0.571. The van der Waals surface area contributed by atoms with Crippen LogP contribution in [0.2, 0.25) is 0 Å². The largest absolute Gasteiger partial charge is 0.353 e. The maximum absolute atomic E-state index is 11.8. The summed E-state index contributed by atoms with van der Waals surface area (Å²) < 4.78 is 1.90. The summed E-state index contributed by atoms with van der Waals surface area (Å²) in [5.41, 5.74) is 0.729. The van der Waals surface area contributed by atoms with E-state index in [0.717, 1.165) is 18.4 Å². The van der Waals surface area contributed by atoms with Gasteiger partial charge >= 0.3 is 0 Å². The summed E-state index contributed by atoms with van der Waals surface area (Å²) in [6.07, 6.45) is 6.39. The predicted octanol–water partition coefficient (Wildman–Crippen LogP) is 2.00. The first-order chi connectivity index (χ1) is 8.56. The molecule has 1 aromatic rings. The number of nitrogens with one attached hydrogen (secondary N) is 1. The van der Waals surface area contributed by atoms with Gasteiger partial charge in [-0.25, -0.2) is 0 Å². The Morgan fingerprint density at radius 3 is 2.78 bits per heavy atom. The molecule has 0 atom stereocenters. The van der Waals surface area contributed by atoms with Gasteiger partial charge in [-0.3, -0.25) is 9.59 Å². The lowest BCUT2D eigenvalue weighted by Gasteiger charge is -2.04. The fourth-order valence-electron chi connectivity index (χ4n) is 1.82. The van der Waals surface area contributed by atoms with Crippen molar-refractivity contribution in [1.82, 2.24) is 9.88 Å². The Morgan fingerprint density at radius 2 is 2.17 bits per heavy atom. The van der Waals surface area contributed by atoms with E-state index in [9.17, 15) is 9.59 Å². The fourth-order valence-corrected chi connectivity index (χ4v) is 1.82. The van der Waals surface area contributed by atoms with E-state index in [-0.39, 0.29) is 17.6 Å². The predicted molar refractivity (Wildman–Crippen MR) is 69.4 cm³/mol. The zero-order chi connectivity index (χ0) is 13.1. The van der Waals surface area contributed by atoms with Crippen molar-refractivity contribution in [3.8, 4) is 0 Å². The first-order valence-corrected chi connectivity index (χ1v) is 6.55. The van der Waals surface area contributed by atoms with E-state index in [2.05, 4.69) is 5.32 Å². The average molecular weight is 248 g/mol. The van der Waals surface area contributed by atoms with Crippen LogP contribution in [-0.2, 0) is 11.3 Å². The van der Waals surface area contributed by atoms with Crippen molar-refractivity contribution < 1.29 is 9.59 Å². The molecule has 1 N–H and O–H groups in total. The van der Waals surface area contributed by atoms with Crippen LogP contribution in [-0.4, -0.2) is 22.3 Å². The SMILES string of the molecule is CC(C)C(=O)c1ccn(CCC(=O)NC2CC2)c1. The molecule has 0 saturated heterocycles. The number of carbonyl (C=O) groups excluding carboxylic acids is 2. The Balaban J connectivity index is 1.82. The van der Waals surface area contributed by atoms with Crippen LogP contribution >= 0.6 is 0 Å². The van der Waals surface area contributed by atoms with Crippen LogP contribution in [0.5, 0.6) is 0 Å². The first-order valence-electron chi connectivity index (χ1n) is 6.55.